The molecule has 2 atom stereocenters. The van der Waals surface area contributed by atoms with E-state index in [0.29, 0.717) is 0 Å². The van der Waals surface area contributed by atoms with Crippen molar-refractivity contribution in [3.63, 3.8) is 0 Å². The van der Waals surface area contributed by atoms with E-state index in [0.717, 1.165) is 24.9 Å². The van der Waals surface area contributed by atoms with E-state index in [1.54, 1.807) is 0 Å². The van der Waals surface area contributed by atoms with Crippen LogP contribution in [0.25, 0.3) is 0 Å². The number of aliphatic hydroxyl groups is 1. The van der Waals surface area contributed by atoms with Gasteiger partial charge in [0.2, 0.25) is 0 Å². The number of anilines is 2. The van der Waals surface area contributed by atoms with Crippen molar-refractivity contribution in [3.8, 4) is 0 Å². The van der Waals surface area contributed by atoms with E-state index in [2.05, 4.69) is 34.5 Å². The SMILES string of the molecule is CN(C)c1ccc(NC2CCCCCC2O)cc1. The molecule has 100 valence electrons. The van der Waals surface area contributed by atoms with Gasteiger partial charge >= 0.3 is 0 Å². The van der Waals surface area contributed by atoms with Gasteiger partial charge in [-0.1, -0.05) is 19.3 Å². The van der Waals surface area contributed by atoms with Crippen LogP contribution in [0.1, 0.15) is 32.1 Å². The summed E-state index contributed by atoms with van der Waals surface area (Å²) < 4.78 is 0. The Morgan fingerprint density at radius 2 is 1.72 bits per heavy atom. The second kappa shape index (κ2) is 6.10. The van der Waals surface area contributed by atoms with Gasteiger partial charge in [0.25, 0.3) is 0 Å². The van der Waals surface area contributed by atoms with Gasteiger partial charge in [0, 0.05) is 25.5 Å². The van der Waals surface area contributed by atoms with Crippen molar-refractivity contribution in [2.24, 2.45) is 0 Å². The number of hydrogen-bond donors (Lipinski definition) is 2. The van der Waals surface area contributed by atoms with Crippen LogP contribution < -0.4 is 10.2 Å². The zero-order chi connectivity index (χ0) is 13.0. The minimum atomic E-state index is -0.207. The molecule has 1 saturated carbocycles. The molecule has 2 unspecified atom stereocenters. The monoisotopic (exact) mass is 248 g/mol. The van der Waals surface area contributed by atoms with Crippen LogP contribution in [0, 0.1) is 0 Å². The average Bonchev–Trinajstić information content (AvgIpc) is 2.56. The van der Waals surface area contributed by atoms with Gasteiger partial charge in [-0.15, -0.1) is 0 Å². The van der Waals surface area contributed by atoms with Gasteiger partial charge in [0.1, 0.15) is 0 Å². The highest BCUT2D eigenvalue weighted by Gasteiger charge is 2.21. The van der Waals surface area contributed by atoms with E-state index in [4.69, 9.17) is 0 Å². The molecule has 1 aliphatic rings. The number of rotatable bonds is 3. The van der Waals surface area contributed by atoms with Crippen molar-refractivity contribution >= 4 is 11.4 Å². The fourth-order valence-corrected chi connectivity index (χ4v) is 2.53. The molecule has 2 rings (SSSR count). The molecule has 0 aliphatic heterocycles. The largest absolute Gasteiger partial charge is 0.391 e. The second-order valence-corrected chi connectivity index (χ2v) is 5.40. The smallest absolute Gasteiger partial charge is 0.0741 e. The summed E-state index contributed by atoms with van der Waals surface area (Å²) in [6.45, 7) is 0. The van der Waals surface area contributed by atoms with Crippen molar-refractivity contribution in [2.75, 3.05) is 24.3 Å². The molecular weight excluding hydrogens is 224 g/mol. The Morgan fingerprint density at radius 3 is 2.39 bits per heavy atom. The summed E-state index contributed by atoms with van der Waals surface area (Å²) in [7, 11) is 4.08. The summed E-state index contributed by atoms with van der Waals surface area (Å²) >= 11 is 0. The lowest BCUT2D eigenvalue weighted by atomic mass is 10.1. The third-order valence-electron chi connectivity index (χ3n) is 3.72. The molecule has 1 aromatic rings. The van der Waals surface area contributed by atoms with Crippen molar-refractivity contribution in [1.82, 2.24) is 0 Å². The standard InChI is InChI=1S/C15H24N2O/c1-17(2)13-10-8-12(9-11-13)16-14-6-4-3-5-7-15(14)18/h8-11,14-16,18H,3-7H2,1-2H3. The van der Waals surface area contributed by atoms with Crippen LogP contribution in [0.2, 0.25) is 0 Å². The normalized spacial score (nSPS) is 24.4. The predicted molar refractivity (Wildman–Crippen MR) is 77.3 cm³/mol. The van der Waals surface area contributed by atoms with Gasteiger partial charge in [0.05, 0.1) is 12.1 Å². The molecule has 0 bridgehead atoms. The van der Waals surface area contributed by atoms with E-state index in [-0.39, 0.29) is 12.1 Å². The zero-order valence-corrected chi connectivity index (χ0v) is 11.4. The molecular formula is C15H24N2O. The lowest BCUT2D eigenvalue weighted by molar-refractivity contribution is 0.144. The molecule has 0 heterocycles. The summed E-state index contributed by atoms with van der Waals surface area (Å²) in [5, 5.41) is 13.6. The Balaban J connectivity index is 1.99. The number of hydrogen-bond acceptors (Lipinski definition) is 3. The van der Waals surface area contributed by atoms with E-state index >= 15 is 0 Å². The van der Waals surface area contributed by atoms with Crippen LogP contribution in [-0.4, -0.2) is 31.3 Å². The maximum Gasteiger partial charge on any atom is 0.0741 e. The lowest BCUT2D eigenvalue weighted by Crippen LogP contribution is -2.32. The quantitative estimate of drug-likeness (QED) is 0.807. The van der Waals surface area contributed by atoms with Crippen LogP contribution in [0.3, 0.4) is 0 Å². The van der Waals surface area contributed by atoms with Crippen molar-refractivity contribution in [2.45, 2.75) is 44.2 Å². The summed E-state index contributed by atoms with van der Waals surface area (Å²) in [6.07, 6.45) is 5.39. The van der Waals surface area contributed by atoms with E-state index < -0.39 is 0 Å². The van der Waals surface area contributed by atoms with Crippen molar-refractivity contribution < 1.29 is 5.11 Å². The Morgan fingerprint density at radius 1 is 1.06 bits per heavy atom. The second-order valence-electron chi connectivity index (χ2n) is 5.40. The highest BCUT2D eigenvalue weighted by atomic mass is 16.3. The first kappa shape index (κ1) is 13.2. The topological polar surface area (TPSA) is 35.5 Å². The Hall–Kier alpha value is -1.22. The third kappa shape index (κ3) is 3.39. The molecule has 18 heavy (non-hydrogen) atoms. The Labute approximate surface area is 110 Å². The maximum absolute atomic E-state index is 10.1. The van der Waals surface area contributed by atoms with E-state index in [1.165, 1.54) is 18.5 Å². The number of nitrogens with one attached hydrogen (secondary N) is 1. The van der Waals surface area contributed by atoms with Gasteiger partial charge in [0.15, 0.2) is 0 Å². The predicted octanol–water partition coefficient (Wildman–Crippen LogP) is 2.86. The molecule has 3 heteroatoms. The van der Waals surface area contributed by atoms with Gasteiger partial charge < -0.3 is 15.3 Å². The summed E-state index contributed by atoms with van der Waals surface area (Å²) in [4.78, 5) is 2.09. The Bertz CT molecular complexity index is 361. The lowest BCUT2D eigenvalue weighted by Gasteiger charge is -2.23. The number of nitrogens with zero attached hydrogens (tertiary/aromatic N) is 1. The molecule has 1 aliphatic carbocycles. The van der Waals surface area contributed by atoms with Crippen molar-refractivity contribution in [3.05, 3.63) is 24.3 Å². The minimum absolute atomic E-state index is 0.206. The summed E-state index contributed by atoms with van der Waals surface area (Å²) in [5.41, 5.74) is 2.30. The van der Waals surface area contributed by atoms with E-state index in [9.17, 15) is 5.11 Å². The molecule has 0 amide bonds. The maximum atomic E-state index is 10.1. The molecule has 3 nitrogen and oxygen atoms in total. The first-order chi connectivity index (χ1) is 8.66. The molecule has 0 spiro atoms. The summed E-state index contributed by atoms with van der Waals surface area (Å²) in [6, 6.07) is 8.59. The van der Waals surface area contributed by atoms with Gasteiger partial charge in [-0.2, -0.15) is 0 Å². The highest BCUT2D eigenvalue weighted by molar-refractivity contribution is 5.54. The third-order valence-corrected chi connectivity index (χ3v) is 3.72. The van der Waals surface area contributed by atoms with Gasteiger partial charge in [-0.25, -0.2) is 0 Å². The van der Waals surface area contributed by atoms with Crippen LogP contribution in [0.5, 0.6) is 0 Å². The molecule has 0 saturated heterocycles. The van der Waals surface area contributed by atoms with Crippen LogP contribution in [0.15, 0.2) is 24.3 Å². The number of aliphatic hydroxyl groups excluding tert-OH is 1. The number of benzene rings is 1. The van der Waals surface area contributed by atoms with Crippen LogP contribution in [0.4, 0.5) is 11.4 Å². The van der Waals surface area contributed by atoms with Crippen molar-refractivity contribution in [1.29, 1.82) is 0 Å². The van der Waals surface area contributed by atoms with Crippen LogP contribution >= 0.6 is 0 Å². The zero-order valence-electron chi connectivity index (χ0n) is 11.4. The molecule has 1 aromatic carbocycles. The van der Waals surface area contributed by atoms with E-state index in [1.807, 2.05) is 14.1 Å². The molecule has 1 fully saturated rings. The summed E-state index contributed by atoms with van der Waals surface area (Å²) in [5.74, 6) is 0. The van der Waals surface area contributed by atoms with Gasteiger partial charge in [-0.05, 0) is 37.1 Å². The minimum Gasteiger partial charge on any atom is -0.391 e. The molecule has 2 N–H and O–H groups in total. The first-order valence-electron chi connectivity index (χ1n) is 6.89. The average molecular weight is 248 g/mol. The van der Waals surface area contributed by atoms with Gasteiger partial charge in [-0.3, -0.25) is 0 Å². The fourth-order valence-electron chi connectivity index (χ4n) is 2.53. The first-order valence-corrected chi connectivity index (χ1v) is 6.89. The Kier molecular flexibility index (Phi) is 4.48. The van der Waals surface area contributed by atoms with Crippen LogP contribution in [-0.2, 0) is 0 Å². The highest BCUT2D eigenvalue weighted by Crippen LogP contribution is 2.23. The molecule has 0 aromatic heterocycles. The molecule has 0 radical (unpaired) electrons. The fraction of sp³-hybridized carbons (Fsp3) is 0.600.